The lowest BCUT2D eigenvalue weighted by Gasteiger charge is -2.10. The maximum atomic E-state index is 11.6. The Labute approximate surface area is 121 Å². The molecule has 1 fully saturated rings. The second-order valence-corrected chi connectivity index (χ2v) is 5.61. The van der Waals surface area contributed by atoms with E-state index in [1.165, 1.54) is 12.8 Å². The highest BCUT2D eigenvalue weighted by atomic mass is 79.9. The van der Waals surface area contributed by atoms with Crippen molar-refractivity contribution < 1.29 is 14.3 Å². The van der Waals surface area contributed by atoms with Gasteiger partial charge in [-0.15, -0.1) is 0 Å². The Morgan fingerprint density at radius 3 is 2.95 bits per heavy atom. The second-order valence-electron chi connectivity index (χ2n) is 4.69. The van der Waals surface area contributed by atoms with E-state index in [9.17, 15) is 4.79 Å². The zero-order chi connectivity index (χ0) is 13.7. The zero-order valence-corrected chi connectivity index (χ0v) is 12.5. The standard InChI is InChI=1S/C14H18BrNO3/c1-18-13-5-4-12(15)6-11(13)7-16-14(17)9-19-8-10-2-3-10/h4-6,10H,2-3,7-9H2,1H3,(H,16,17). The molecule has 4 nitrogen and oxygen atoms in total. The molecular formula is C14H18BrNO3. The lowest BCUT2D eigenvalue weighted by molar-refractivity contribution is -0.126. The number of methoxy groups -OCH3 is 1. The minimum atomic E-state index is -0.0947. The van der Waals surface area contributed by atoms with E-state index in [1.807, 2.05) is 18.2 Å². The number of nitrogens with one attached hydrogen (secondary N) is 1. The Morgan fingerprint density at radius 2 is 2.26 bits per heavy atom. The third kappa shape index (κ3) is 4.84. The summed E-state index contributed by atoms with van der Waals surface area (Å²) in [5.74, 6) is 1.35. The van der Waals surface area contributed by atoms with Crippen LogP contribution >= 0.6 is 15.9 Å². The van der Waals surface area contributed by atoms with E-state index in [4.69, 9.17) is 9.47 Å². The van der Waals surface area contributed by atoms with Gasteiger partial charge in [-0.05, 0) is 37.0 Å². The molecule has 0 spiro atoms. The van der Waals surface area contributed by atoms with Gasteiger partial charge in [-0.3, -0.25) is 4.79 Å². The average Bonchev–Trinajstić information content (AvgIpc) is 3.20. The Morgan fingerprint density at radius 1 is 1.47 bits per heavy atom. The van der Waals surface area contributed by atoms with Crippen LogP contribution in [0.15, 0.2) is 22.7 Å². The number of benzene rings is 1. The molecule has 0 radical (unpaired) electrons. The summed E-state index contributed by atoms with van der Waals surface area (Å²) >= 11 is 3.40. The van der Waals surface area contributed by atoms with Gasteiger partial charge in [0.15, 0.2) is 0 Å². The van der Waals surface area contributed by atoms with E-state index < -0.39 is 0 Å². The molecule has 1 aromatic carbocycles. The zero-order valence-electron chi connectivity index (χ0n) is 10.9. The van der Waals surface area contributed by atoms with Crippen LogP contribution in [0.1, 0.15) is 18.4 Å². The van der Waals surface area contributed by atoms with Gasteiger partial charge in [0, 0.05) is 16.6 Å². The lowest BCUT2D eigenvalue weighted by Crippen LogP contribution is -2.27. The van der Waals surface area contributed by atoms with Crippen LogP contribution in [0.2, 0.25) is 0 Å². The van der Waals surface area contributed by atoms with Gasteiger partial charge < -0.3 is 14.8 Å². The number of carbonyl (C=O) groups excluding carboxylic acids is 1. The number of ether oxygens (including phenoxy) is 2. The maximum absolute atomic E-state index is 11.6. The van der Waals surface area contributed by atoms with Gasteiger partial charge in [0.1, 0.15) is 12.4 Å². The fourth-order valence-corrected chi connectivity index (χ4v) is 2.14. The van der Waals surface area contributed by atoms with Crippen molar-refractivity contribution in [3.8, 4) is 5.75 Å². The quantitative estimate of drug-likeness (QED) is 0.837. The molecule has 0 saturated heterocycles. The molecule has 5 heteroatoms. The van der Waals surface area contributed by atoms with E-state index in [1.54, 1.807) is 7.11 Å². The first-order valence-corrected chi connectivity index (χ1v) is 7.15. The molecule has 1 saturated carbocycles. The number of hydrogen-bond acceptors (Lipinski definition) is 3. The molecule has 1 aromatic rings. The van der Waals surface area contributed by atoms with Crippen molar-refractivity contribution in [1.29, 1.82) is 0 Å². The highest BCUT2D eigenvalue weighted by Crippen LogP contribution is 2.28. The molecule has 0 atom stereocenters. The highest BCUT2D eigenvalue weighted by molar-refractivity contribution is 9.10. The fraction of sp³-hybridized carbons (Fsp3) is 0.500. The smallest absolute Gasteiger partial charge is 0.246 e. The van der Waals surface area contributed by atoms with E-state index in [0.29, 0.717) is 19.1 Å². The van der Waals surface area contributed by atoms with Crippen LogP contribution in [0.3, 0.4) is 0 Å². The van der Waals surface area contributed by atoms with Gasteiger partial charge in [0.25, 0.3) is 0 Å². The molecule has 0 heterocycles. The summed E-state index contributed by atoms with van der Waals surface area (Å²) < 4.78 is 11.5. The number of halogens is 1. The summed E-state index contributed by atoms with van der Waals surface area (Å²) in [6.07, 6.45) is 2.47. The molecule has 1 amide bonds. The molecule has 1 N–H and O–H groups in total. The lowest BCUT2D eigenvalue weighted by atomic mass is 10.2. The minimum absolute atomic E-state index is 0.0947. The number of carbonyl (C=O) groups is 1. The Kier molecular flexibility index (Phi) is 5.22. The molecule has 0 bridgehead atoms. The van der Waals surface area contributed by atoms with Crippen LogP contribution in [0.4, 0.5) is 0 Å². The van der Waals surface area contributed by atoms with Crippen LogP contribution in [-0.2, 0) is 16.1 Å². The molecule has 104 valence electrons. The molecule has 1 aliphatic carbocycles. The van der Waals surface area contributed by atoms with E-state index in [-0.39, 0.29) is 12.5 Å². The molecule has 1 aliphatic rings. The summed E-state index contributed by atoms with van der Waals surface area (Å²) in [4.78, 5) is 11.6. The van der Waals surface area contributed by atoms with Crippen molar-refractivity contribution in [2.45, 2.75) is 19.4 Å². The van der Waals surface area contributed by atoms with Crippen LogP contribution in [0.5, 0.6) is 5.75 Å². The predicted octanol–water partition coefficient (Wildman–Crippen LogP) is 2.50. The monoisotopic (exact) mass is 327 g/mol. The first-order chi connectivity index (χ1) is 9.19. The predicted molar refractivity (Wildman–Crippen MR) is 76.1 cm³/mol. The molecular weight excluding hydrogens is 310 g/mol. The summed E-state index contributed by atoms with van der Waals surface area (Å²) in [7, 11) is 1.62. The van der Waals surface area contributed by atoms with Gasteiger partial charge >= 0.3 is 0 Å². The normalized spacial score (nSPS) is 14.2. The largest absolute Gasteiger partial charge is 0.496 e. The summed E-state index contributed by atoms with van der Waals surface area (Å²) in [5.41, 5.74) is 0.937. The average molecular weight is 328 g/mol. The Hall–Kier alpha value is -1.07. The molecule has 2 rings (SSSR count). The van der Waals surface area contributed by atoms with Crippen molar-refractivity contribution in [1.82, 2.24) is 5.32 Å². The van der Waals surface area contributed by atoms with Crippen molar-refractivity contribution in [2.24, 2.45) is 5.92 Å². The molecule has 0 unspecified atom stereocenters. The summed E-state index contributed by atoms with van der Waals surface area (Å²) in [5, 5.41) is 2.83. The number of amides is 1. The SMILES string of the molecule is COc1ccc(Br)cc1CNC(=O)COCC1CC1. The first-order valence-electron chi connectivity index (χ1n) is 6.36. The van der Waals surface area contributed by atoms with Gasteiger partial charge in [0.2, 0.25) is 5.91 Å². The van der Waals surface area contributed by atoms with E-state index >= 15 is 0 Å². The molecule has 0 aliphatic heterocycles. The van der Waals surface area contributed by atoms with Crippen molar-refractivity contribution >= 4 is 21.8 Å². The van der Waals surface area contributed by atoms with Crippen LogP contribution in [-0.4, -0.2) is 26.2 Å². The van der Waals surface area contributed by atoms with Gasteiger partial charge in [0.05, 0.1) is 13.7 Å². The van der Waals surface area contributed by atoms with Crippen molar-refractivity contribution in [3.05, 3.63) is 28.2 Å². The third-order valence-corrected chi connectivity index (χ3v) is 3.50. The Bertz CT molecular complexity index is 446. The van der Waals surface area contributed by atoms with Crippen LogP contribution in [0, 0.1) is 5.92 Å². The van der Waals surface area contributed by atoms with E-state index in [2.05, 4.69) is 21.2 Å². The van der Waals surface area contributed by atoms with Crippen molar-refractivity contribution in [2.75, 3.05) is 20.3 Å². The van der Waals surface area contributed by atoms with Crippen LogP contribution < -0.4 is 10.1 Å². The Balaban J connectivity index is 1.76. The highest BCUT2D eigenvalue weighted by Gasteiger charge is 2.21. The van der Waals surface area contributed by atoms with Gasteiger partial charge in [-0.1, -0.05) is 15.9 Å². The minimum Gasteiger partial charge on any atom is -0.496 e. The third-order valence-electron chi connectivity index (χ3n) is 3.00. The molecule has 0 aromatic heterocycles. The maximum Gasteiger partial charge on any atom is 0.246 e. The van der Waals surface area contributed by atoms with Gasteiger partial charge in [-0.2, -0.15) is 0 Å². The summed E-state index contributed by atoms with van der Waals surface area (Å²) in [6, 6.07) is 5.71. The van der Waals surface area contributed by atoms with E-state index in [0.717, 1.165) is 15.8 Å². The van der Waals surface area contributed by atoms with Crippen LogP contribution in [0.25, 0.3) is 0 Å². The first kappa shape index (κ1) is 14.3. The van der Waals surface area contributed by atoms with Gasteiger partial charge in [-0.25, -0.2) is 0 Å². The number of rotatable bonds is 7. The topological polar surface area (TPSA) is 47.6 Å². The fourth-order valence-electron chi connectivity index (χ4n) is 1.73. The number of hydrogen-bond donors (Lipinski definition) is 1. The molecule has 19 heavy (non-hydrogen) atoms. The second kappa shape index (κ2) is 6.91. The van der Waals surface area contributed by atoms with Crippen molar-refractivity contribution in [3.63, 3.8) is 0 Å². The summed E-state index contributed by atoms with van der Waals surface area (Å²) in [6.45, 7) is 1.27.